The Balaban J connectivity index is 1.78. The third-order valence-electron chi connectivity index (χ3n) is 3.04. The second-order valence-electron chi connectivity index (χ2n) is 5.22. The Morgan fingerprint density at radius 3 is 2.76 bits per heavy atom. The molecule has 0 aliphatic carbocycles. The van der Waals surface area contributed by atoms with Gasteiger partial charge in [0.05, 0.1) is 11.0 Å². The average Bonchev–Trinajstić information content (AvgIpc) is 2.82. The summed E-state index contributed by atoms with van der Waals surface area (Å²) in [6.07, 6.45) is 4.44. The molecule has 0 radical (unpaired) electrons. The monoisotopic (exact) mass is 299 g/mol. The lowest BCUT2D eigenvalue weighted by Crippen LogP contribution is -2.17. The van der Waals surface area contributed by atoms with E-state index in [2.05, 4.69) is 39.0 Å². The van der Waals surface area contributed by atoms with Crippen LogP contribution in [0.2, 0.25) is 0 Å². The SMILES string of the molecule is Cc1ccc2nc(Sc3ncc(CC(C)N)cn3)[nH]c2c1. The summed E-state index contributed by atoms with van der Waals surface area (Å²) in [6.45, 7) is 4.03. The maximum Gasteiger partial charge on any atom is 0.195 e. The molecule has 0 saturated carbocycles. The van der Waals surface area contributed by atoms with Gasteiger partial charge in [0, 0.05) is 18.4 Å². The quantitative estimate of drug-likeness (QED) is 0.724. The highest BCUT2D eigenvalue weighted by Gasteiger charge is 2.07. The molecule has 108 valence electrons. The third kappa shape index (κ3) is 3.40. The van der Waals surface area contributed by atoms with Gasteiger partial charge in [0.15, 0.2) is 10.3 Å². The summed E-state index contributed by atoms with van der Waals surface area (Å²) >= 11 is 1.43. The molecule has 0 amide bonds. The van der Waals surface area contributed by atoms with E-state index in [0.717, 1.165) is 28.2 Å². The molecular formula is C15H17N5S. The zero-order chi connectivity index (χ0) is 14.8. The van der Waals surface area contributed by atoms with E-state index in [1.807, 2.05) is 25.4 Å². The lowest BCUT2D eigenvalue weighted by Gasteiger charge is -2.04. The van der Waals surface area contributed by atoms with E-state index in [9.17, 15) is 0 Å². The molecule has 6 heteroatoms. The molecule has 0 fully saturated rings. The first kappa shape index (κ1) is 14.0. The van der Waals surface area contributed by atoms with E-state index in [-0.39, 0.29) is 6.04 Å². The fourth-order valence-electron chi connectivity index (χ4n) is 2.11. The van der Waals surface area contributed by atoms with Crippen LogP contribution in [-0.2, 0) is 6.42 Å². The Morgan fingerprint density at radius 1 is 1.29 bits per heavy atom. The Bertz CT molecular complexity index is 748. The van der Waals surface area contributed by atoms with E-state index in [1.54, 1.807) is 0 Å². The fourth-order valence-corrected chi connectivity index (χ4v) is 2.80. The molecule has 3 rings (SSSR count). The average molecular weight is 299 g/mol. The number of hydrogen-bond acceptors (Lipinski definition) is 5. The lowest BCUT2D eigenvalue weighted by atomic mass is 10.1. The van der Waals surface area contributed by atoms with Gasteiger partial charge in [-0.05, 0) is 55.3 Å². The smallest absolute Gasteiger partial charge is 0.195 e. The highest BCUT2D eigenvalue weighted by Crippen LogP contribution is 2.24. The van der Waals surface area contributed by atoms with Gasteiger partial charge in [-0.3, -0.25) is 0 Å². The van der Waals surface area contributed by atoms with Crippen molar-refractivity contribution in [3.05, 3.63) is 41.7 Å². The predicted octanol–water partition coefficient (Wildman–Crippen LogP) is 2.70. The molecule has 3 N–H and O–H groups in total. The van der Waals surface area contributed by atoms with Crippen molar-refractivity contribution in [1.29, 1.82) is 0 Å². The van der Waals surface area contributed by atoms with Crippen molar-refractivity contribution in [2.24, 2.45) is 5.73 Å². The lowest BCUT2D eigenvalue weighted by molar-refractivity contribution is 0.727. The highest BCUT2D eigenvalue weighted by atomic mass is 32.2. The van der Waals surface area contributed by atoms with Crippen molar-refractivity contribution < 1.29 is 0 Å². The highest BCUT2D eigenvalue weighted by molar-refractivity contribution is 7.99. The third-order valence-corrected chi connectivity index (χ3v) is 3.82. The minimum absolute atomic E-state index is 0.116. The summed E-state index contributed by atoms with van der Waals surface area (Å²) in [4.78, 5) is 16.5. The summed E-state index contributed by atoms with van der Waals surface area (Å²) in [7, 11) is 0. The van der Waals surface area contributed by atoms with Gasteiger partial charge in [-0.25, -0.2) is 15.0 Å². The van der Waals surface area contributed by atoms with Gasteiger partial charge in [0.2, 0.25) is 0 Å². The van der Waals surface area contributed by atoms with Gasteiger partial charge in [-0.2, -0.15) is 0 Å². The Labute approximate surface area is 127 Å². The molecule has 1 atom stereocenters. The summed E-state index contributed by atoms with van der Waals surface area (Å²) in [5, 5.41) is 1.48. The van der Waals surface area contributed by atoms with E-state index in [4.69, 9.17) is 5.73 Å². The molecule has 3 aromatic rings. The molecule has 1 aromatic carbocycles. The van der Waals surface area contributed by atoms with Crippen LogP contribution in [0.3, 0.4) is 0 Å². The molecule has 0 aliphatic rings. The topological polar surface area (TPSA) is 80.5 Å². The van der Waals surface area contributed by atoms with E-state index >= 15 is 0 Å². The fraction of sp³-hybridized carbons (Fsp3) is 0.267. The number of nitrogens with two attached hydrogens (primary N) is 1. The normalized spacial score (nSPS) is 12.7. The first-order valence-corrected chi connectivity index (χ1v) is 7.62. The van der Waals surface area contributed by atoms with E-state index in [0.29, 0.717) is 5.16 Å². The molecule has 2 aromatic heterocycles. The van der Waals surface area contributed by atoms with Crippen LogP contribution in [0.5, 0.6) is 0 Å². The van der Waals surface area contributed by atoms with Crippen LogP contribution in [0.25, 0.3) is 11.0 Å². The summed E-state index contributed by atoms with van der Waals surface area (Å²) in [5.74, 6) is 0. The van der Waals surface area contributed by atoms with Crippen molar-refractivity contribution in [1.82, 2.24) is 19.9 Å². The van der Waals surface area contributed by atoms with Crippen LogP contribution in [-0.4, -0.2) is 26.0 Å². The van der Waals surface area contributed by atoms with Crippen LogP contribution in [0, 0.1) is 6.92 Å². The Morgan fingerprint density at radius 2 is 2.05 bits per heavy atom. The van der Waals surface area contributed by atoms with Gasteiger partial charge in [-0.15, -0.1) is 0 Å². The number of rotatable bonds is 4. The second-order valence-corrected chi connectivity index (χ2v) is 6.18. The largest absolute Gasteiger partial charge is 0.333 e. The standard InChI is InChI=1S/C15H17N5S/c1-9-3-4-12-13(5-9)20-15(19-12)21-14-17-7-11(8-18-14)6-10(2)16/h3-5,7-8,10H,6,16H2,1-2H3,(H,19,20). The van der Waals surface area contributed by atoms with Gasteiger partial charge in [-0.1, -0.05) is 6.07 Å². The van der Waals surface area contributed by atoms with Crippen molar-refractivity contribution >= 4 is 22.8 Å². The van der Waals surface area contributed by atoms with Gasteiger partial charge < -0.3 is 10.7 Å². The molecule has 5 nitrogen and oxygen atoms in total. The van der Waals surface area contributed by atoms with E-state index in [1.165, 1.54) is 17.3 Å². The van der Waals surface area contributed by atoms with Crippen LogP contribution in [0.4, 0.5) is 0 Å². The maximum absolute atomic E-state index is 5.77. The van der Waals surface area contributed by atoms with Gasteiger partial charge >= 0.3 is 0 Å². The van der Waals surface area contributed by atoms with Crippen LogP contribution >= 0.6 is 11.8 Å². The Hall–Kier alpha value is -1.92. The second kappa shape index (κ2) is 5.83. The first-order valence-electron chi connectivity index (χ1n) is 6.81. The molecule has 21 heavy (non-hydrogen) atoms. The number of aromatic nitrogens is 4. The number of aryl methyl sites for hydroxylation is 1. The minimum Gasteiger partial charge on any atom is -0.333 e. The number of nitrogens with zero attached hydrogens (tertiary/aromatic N) is 3. The number of fused-ring (bicyclic) bond motifs is 1. The molecule has 1 unspecified atom stereocenters. The molecule has 0 saturated heterocycles. The zero-order valence-electron chi connectivity index (χ0n) is 12.0. The molecule has 0 bridgehead atoms. The number of H-pyrrole nitrogens is 1. The number of aromatic amines is 1. The number of benzene rings is 1. The van der Waals surface area contributed by atoms with Crippen molar-refractivity contribution in [2.75, 3.05) is 0 Å². The van der Waals surface area contributed by atoms with Crippen molar-refractivity contribution in [3.63, 3.8) is 0 Å². The zero-order valence-corrected chi connectivity index (χ0v) is 12.8. The molecule has 0 spiro atoms. The van der Waals surface area contributed by atoms with Crippen molar-refractivity contribution in [2.45, 2.75) is 36.6 Å². The predicted molar refractivity (Wildman–Crippen MR) is 84.3 cm³/mol. The summed E-state index contributed by atoms with van der Waals surface area (Å²) in [6, 6.07) is 6.26. The van der Waals surface area contributed by atoms with E-state index < -0.39 is 0 Å². The number of nitrogens with one attached hydrogen (secondary N) is 1. The molecule has 2 heterocycles. The van der Waals surface area contributed by atoms with Crippen LogP contribution in [0.15, 0.2) is 40.9 Å². The molecular weight excluding hydrogens is 282 g/mol. The Kier molecular flexibility index (Phi) is 3.90. The molecule has 0 aliphatic heterocycles. The summed E-state index contributed by atoms with van der Waals surface area (Å²) in [5.41, 5.74) is 10.0. The number of hydrogen-bond donors (Lipinski definition) is 2. The number of imidazole rings is 1. The van der Waals surface area contributed by atoms with Crippen LogP contribution in [0.1, 0.15) is 18.1 Å². The summed E-state index contributed by atoms with van der Waals surface area (Å²) < 4.78 is 0. The van der Waals surface area contributed by atoms with Crippen molar-refractivity contribution in [3.8, 4) is 0 Å². The van der Waals surface area contributed by atoms with Crippen LogP contribution < -0.4 is 5.73 Å². The maximum atomic E-state index is 5.77. The van der Waals surface area contributed by atoms with Gasteiger partial charge in [0.1, 0.15) is 0 Å². The first-order chi connectivity index (χ1) is 10.1. The minimum atomic E-state index is 0.116. The van der Waals surface area contributed by atoms with Gasteiger partial charge in [0.25, 0.3) is 0 Å².